The lowest BCUT2D eigenvalue weighted by atomic mass is 10.2. The van der Waals surface area contributed by atoms with Gasteiger partial charge in [-0.25, -0.2) is 12.8 Å². The van der Waals surface area contributed by atoms with Gasteiger partial charge in [-0.2, -0.15) is 0 Å². The maximum Gasteiger partial charge on any atom is 0.234 e. The van der Waals surface area contributed by atoms with Gasteiger partial charge in [0.05, 0.1) is 18.1 Å². The van der Waals surface area contributed by atoms with Crippen molar-refractivity contribution in [3.05, 3.63) is 35.6 Å². The fourth-order valence-corrected chi connectivity index (χ4v) is 4.40. The smallest absolute Gasteiger partial charge is 0.234 e. The number of benzene rings is 1. The molecule has 1 heterocycles. The second kappa shape index (κ2) is 7.19. The molecule has 1 aromatic rings. The van der Waals surface area contributed by atoms with Crippen LogP contribution in [0.4, 0.5) is 4.39 Å². The number of hydrogen-bond acceptors (Lipinski definition) is 4. The summed E-state index contributed by atoms with van der Waals surface area (Å²) in [7, 11) is -2.97. The number of amides is 1. The molecule has 22 heavy (non-hydrogen) atoms. The molecule has 0 spiro atoms. The SMILES string of the molecule is CCN(CC(=O)NCc1ccccc1F)C1CCS(=O)(=O)C1. The second-order valence-corrected chi connectivity index (χ2v) is 7.72. The van der Waals surface area contributed by atoms with Crippen LogP contribution in [0.5, 0.6) is 0 Å². The Morgan fingerprint density at radius 3 is 2.73 bits per heavy atom. The van der Waals surface area contributed by atoms with Crippen LogP contribution in [-0.2, 0) is 21.2 Å². The third-order valence-corrected chi connectivity index (χ3v) is 5.66. The van der Waals surface area contributed by atoms with Crippen molar-refractivity contribution in [2.45, 2.75) is 25.9 Å². The van der Waals surface area contributed by atoms with E-state index < -0.39 is 9.84 Å². The molecule has 1 aromatic carbocycles. The Labute approximate surface area is 130 Å². The van der Waals surface area contributed by atoms with Gasteiger partial charge < -0.3 is 5.32 Å². The highest BCUT2D eigenvalue weighted by Crippen LogP contribution is 2.17. The van der Waals surface area contributed by atoms with Gasteiger partial charge in [0.15, 0.2) is 9.84 Å². The van der Waals surface area contributed by atoms with Crippen LogP contribution < -0.4 is 5.32 Å². The highest BCUT2D eigenvalue weighted by molar-refractivity contribution is 7.91. The summed E-state index contributed by atoms with van der Waals surface area (Å²) in [4.78, 5) is 13.9. The number of nitrogens with one attached hydrogen (secondary N) is 1. The van der Waals surface area contributed by atoms with Crippen molar-refractivity contribution in [1.29, 1.82) is 0 Å². The summed E-state index contributed by atoms with van der Waals surface area (Å²) in [6.07, 6.45) is 0.566. The van der Waals surface area contributed by atoms with Crippen LogP contribution in [0.3, 0.4) is 0 Å². The summed E-state index contributed by atoms with van der Waals surface area (Å²) in [5.74, 6) is -0.279. The first kappa shape index (κ1) is 16.9. The summed E-state index contributed by atoms with van der Waals surface area (Å²) in [5, 5.41) is 2.68. The van der Waals surface area contributed by atoms with Crippen molar-refractivity contribution in [3.63, 3.8) is 0 Å². The zero-order chi connectivity index (χ0) is 16.2. The molecule has 1 aliphatic heterocycles. The van der Waals surface area contributed by atoms with Crippen LogP contribution in [0.25, 0.3) is 0 Å². The van der Waals surface area contributed by atoms with E-state index in [9.17, 15) is 17.6 Å². The Kier molecular flexibility index (Phi) is 5.52. The first-order chi connectivity index (χ1) is 10.4. The molecule has 5 nitrogen and oxygen atoms in total. The van der Waals surface area contributed by atoms with Crippen LogP contribution in [0.15, 0.2) is 24.3 Å². The number of nitrogens with zero attached hydrogens (tertiary/aromatic N) is 1. The number of carbonyl (C=O) groups excluding carboxylic acids is 1. The van der Waals surface area contributed by atoms with Crippen molar-refractivity contribution >= 4 is 15.7 Å². The number of likely N-dealkylation sites (N-methyl/N-ethyl adjacent to an activating group) is 1. The third kappa shape index (κ3) is 4.51. The molecular weight excluding hydrogens is 307 g/mol. The van der Waals surface area contributed by atoms with Crippen molar-refractivity contribution in [3.8, 4) is 0 Å². The maximum atomic E-state index is 13.5. The minimum Gasteiger partial charge on any atom is -0.351 e. The summed E-state index contributed by atoms with van der Waals surface area (Å²) in [6, 6.07) is 6.18. The molecule has 122 valence electrons. The lowest BCUT2D eigenvalue weighted by Crippen LogP contribution is -2.43. The van der Waals surface area contributed by atoms with Crippen molar-refractivity contribution < 1.29 is 17.6 Å². The number of halogens is 1. The maximum absolute atomic E-state index is 13.5. The Morgan fingerprint density at radius 1 is 1.41 bits per heavy atom. The summed E-state index contributed by atoms with van der Waals surface area (Å²) >= 11 is 0. The van der Waals surface area contributed by atoms with Gasteiger partial charge in [-0.1, -0.05) is 25.1 Å². The summed E-state index contributed by atoms with van der Waals surface area (Å²) < 4.78 is 36.5. The molecule has 1 atom stereocenters. The molecule has 2 rings (SSSR count). The van der Waals surface area contributed by atoms with Gasteiger partial charge in [-0.3, -0.25) is 9.69 Å². The van der Waals surface area contributed by atoms with E-state index in [0.717, 1.165) is 0 Å². The van der Waals surface area contributed by atoms with Gasteiger partial charge in [-0.15, -0.1) is 0 Å². The molecule has 1 saturated heterocycles. The molecule has 0 aromatic heterocycles. The molecule has 1 fully saturated rings. The Morgan fingerprint density at radius 2 is 2.14 bits per heavy atom. The molecule has 1 amide bonds. The Hall–Kier alpha value is -1.47. The van der Waals surface area contributed by atoms with E-state index in [1.807, 2.05) is 11.8 Å². The number of sulfone groups is 1. The van der Waals surface area contributed by atoms with Crippen molar-refractivity contribution in [1.82, 2.24) is 10.2 Å². The topological polar surface area (TPSA) is 66.5 Å². The first-order valence-electron chi connectivity index (χ1n) is 7.36. The van der Waals surface area contributed by atoms with Gasteiger partial charge in [0.1, 0.15) is 5.82 Å². The second-order valence-electron chi connectivity index (χ2n) is 5.49. The van der Waals surface area contributed by atoms with Crippen LogP contribution in [0.1, 0.15) is 18.9 Å². The molecule has 0 radical (unpaired) electrons. The monoisotopic (exact) mass is 328 g/mol. The van der Waals surface area contributed by atoms with Crippen LogP contribution in [0, 0.1) is 5.82 Å². The molecule has 0 bridgehead atoms. The molecule has 0 aliphatic carbocycles. The number of hydrogen-bond donors (Lipinski definition) is 1. The lowest BCUT2D eigenvalue weighted by Gasteiger charge is -2.25. The average Bonchev–Trinajstić information content (AvgIpc) is 2.84. The van der Waals surface area contributed by atoms with E-state index >= 15 is 0 Å². The van der Waals surface area contributed by atoms with E-state index in [1.165, 1.54) is 6.07 Å². The van der Waals surface area contributed by atoms with E-state index in [2.05, 4.69) is 5.32 Å². The predicted octanol–water partition coefficient (Wildman–Crippen LogP) is 0.951. The fourth-order valence-electron chi connectivity index (χ4n) is 2.64. The minimum atomic E-state index is -2.97. The molecule has 0 saturated carbocycles. The van der Waals surface area contributed by atoms with Gasteiger partial charge in [-0.05, 0) is 19.0 Å². The number of carbonyl (C=O) groups is 1. The van der Waals surface area contributed by atoms with Gasteiger partial charge in [0, 0.05) is 18.2 Å². The molecule has 1 unspecified atom stereocenters. The average molecular weight is 328 g/mol. The molecule has 7 heteroatoms. The molecular formula is C15H21FN2O3S. The zero-order valence-corrected chi connectivity index (χ0v) is 13.4. The Balaban J connectivity index is 1.86. The third-order valence-electron chi connectivity index (χ3n) is 3.91. The van der Waals surface area contributed by atoms with E-state index in [-0.39, 0.29) is 42.4 Å². The first-order valence-corrected chi connectivity index (χ1v) is 9.18. The van der Waals surface area contributed by atoms with Gasteiger partial charge in [0.2, 0.25) is 5.91 Å². The zero-order valence-electron chi connectivity index (χ0n) is 12.6. The van der Waals surface area contributed by atoms with E-state index in [4.69, 9.17) is 0 Å². The highest BCUT2D eigenvalue weighted by atomic mass is 32.2. The van der Waals surface area contributed by atoms with Gasteiger partial charge >= 0.3 is 0 Å². The normalized spacial score (nSPS) is 20.2. The van der Waals surface area contributed by atoms with Crippen LogP contribution >= 0.6 is 0 Å². The van der Waals surface area contributed by atoms with Crippen LogP contribution in [-0.4, -0.2) is 49.9 Å². The summed E-state index contributed by atoms with van der Waals surface area (Å²) in [5.41, 5.74) is 0.433. The quantitative estimate of drug-likeness (QED) is 0.844. The fraction of sp³-hybridized carbons (Fsp3) is 0.533. The Bertz CT molecular complexity index is 633. The predicted molar refractivity (Wildman–Crippen MR) is 82.6 cm³/mol. The van der Waals surface area contributed by atoms with Crippen molar-refractivity contribution in [2.24, 2.45) is 0 Å². The van der Waals surface area contributed by atoms with E-state index in [1.54, 1.807) is 18.2 Å². The van der Waals surface area contributed by atoms with Crippen LogP contribution in [0.2, 0.25) is 0 Å². The lowest BCUT2D eigenvalue weighted by molar-refractivity contribution is -0.122. The summed E-state index contributed by atoms with van der Waals surface area (Å²) in [6.45, 7) is 2.76. The standard InChI is InChI=1S/C15H21FN2O3S/c1-2-18(13-7-8-22(20,21)11-13)10-15(19)17-9-12-5-3-4-6-14(12)16/h3-6,13H,2,7-11H2,1H3,(H,17,19). The van der Waals surface area contributed by atoms with Crippen molar-refractivity contribution in [2.75, 3.05) is 24.6 Å². The van der Waals surface area contributed by atoms with E-state index in [0.29, 0.717) is 18.5 Å². The highest BCUT2D eigenvalue weighted by Gasteiger charge is 2.32. The molecule has 1 N–H and O–H groups in total. The largest absolute Gasteiger partial charge is 0.351 e. The minimum absolute atomic E-state index is 0.103. The molecule has 1 aliphatic rings. The van der Waals surface area contributed by atoms with Gasteiger partial charge in [0.25, 0.3) is 0 Å². The number of rotatable bonds is 6.